The maximum Gasteiger partial charge on any atom is 0.0459 e. The molecule has 1 N–H and O–H groups in total. The maximum atomic E-state index is 3.72. The van der Waals surface area contributed by atoms with E-state index in [-0.39, 0.29) is 1.43 Å². The molecule has 3 aromatic rings. The molecule has 1 fully saturated rings. The Kier molecular flexibility index (Phi) is 3.05. The Labute approximate surface area is 138 Å². The predicted octanol–water partition coefficient (Wildman–Crippen LogP) is 4.72. The summed E-state index contributed by atoms with van der Waals surface area (Å²) in [4.78, 5) is 6.42. The molecular formula is C21H24N2. The number of benzene rings is 2. The van der Waals surface area contributed by atoms with Gasteiger partial charge in [0.15, 0.2) is 0 Å². The minimum absolute atomic E-state index is 0. The second-order valence-electron chi connectivity index (χ2n) is 7.10. The normalized spacial score (nSPS) is 23.8. The molecule has 1 aliphatic carbocycles. The Morgan fingerprint density at radius 2 is 1.87 bits per heavy atom. The van der Waals surface area contributed by atoms with Crippen LogP contribution in [0.1, 0.15) is 37.0 Å². The first-order valence-corrected chi connectivity index (χ1v) is 8.76. The molecule has 1 aliphatic heterocycles. The lowest BCUT2D eigenvalue weighted by Crippen LogP contribution is -2.45. The number of aromatic amines is 1. The van der Waals surface area contributed by atoms with Gasteiger partial charge in [0.1, 0.15) is 0 Å². The SMILES string of the molecule is [HH].c1ccc(CN2CCC3CC2Cc2c3[nH]c3ccccc23)cc1. The lowest BCUT2D eigenvalue weighted by molar-refractivity contribution is 0.116. The molecule has 1 aromatic heterocycles. The van der Waals surface area contributed by atoms with Crippen molar-refractivity contribution in [1.29, 1.82) is 0 Å². The fourth-order valence-corrected chi connectivity index (χ4v) is 4.63. The van der Waals surface area contributed by atoms with E-state index in [1.165, 1.54) is 48.0 Å². The Balaban J connectivity index is 0.00000146. The third-order valence-corrected chi connectivity index (χ3v) is 5.76. The summed E-state index contributed by atoms with van der Waals surface area (Å²) >= 11 is 0. The molecule has 23 heavy (non-hydrogen) atoms. The van der Waals surface area contributed by atoms with Crippen LogP contribution < -0.4 is 0 Å². The number of likely N-dealkylation sites (tertiary alicyclic amines) is 1. The number of rotatable bonds is 2. The number of hydrogen-bond donors (Lipinski definition) is 1. The number of nitrogens with one attached hydrogen (secondary N) is 1. The van der Waals surface area contributed by atoms with Gasteiger partial charge in [0.25, 0.3) is 0 Å². The second kappa shape index (κ2) is 5.24. The quantitative estimate of drug-likeness (QED) is 0.726. The molecular weight excluding hydrogens is 280 g/mol. The summed E-state index contributed by atoms with van der Waals surface area (Å²) in [5.41, 5.74) is 5.87. The number of piperidine rings is 1. The molecule has 1 saturated heterocycles. The number of H-pyrrole nitrogens is 1. The van der Waals surface area contributed by atoms with E-state index in [0.717, 1.165) is 12.5 Å². The molecule has 118 valence electrons. The van der Waals surface area contributed by atoms with Crippen LogP contribution in [0.4, 0.5) is 0 Å². The van der Waals surface area contributed by atoms with Gasteiger partial charge >= 0.3 is 0 Å². The van der Waals surface area contributed by atoms with Crippen molar-refractivity contribution >= 4 is 10.9 Å². The predicted molar refractivity (Wildman–Crippen MR) is 96.7 cm³/mol. The van der Waals surface area contributed by atoms with Gasteiger partial charge in [-0.05, 0) is 43.0 Å². The van der Waals surface area contributed by atoms with E-state index >= 15 is 0 Å². The maximum absolute atomic E-state index is 3.72. The van der Waals surface area contributed by atoms with Crippen molar-refractivity contribution < 1.29 is 1.43 Å². The van der Waals surface area contributed by atoms with Crippen molar-refractivity contribution in [2.45, 2.75) is 37.8 Å². The van der Waals surface area contributed by atoms with Crippen LogP contribution in [0.2, 0.25) is 0 Å². The molecule has 0 saturated carbocycles. The summed E-state index contributed by atoms with van der Waals surface area (Å²) in [6.45, 7) is 2.31. The average molecular weight is 304 g/mol. The number of fused-ring (bicyclic) bond motifs is 6. The average Bonchev–Trinajstić information content (AvgIpc) is 2.97. The zero-order chi connectivity index (χ0) is 15.2. The van der Waals surface area contributed by atoms with Gasteiger partial charge in [0, 0.05) is 36.5 Å². The molecule has 5 rings (SSSR count). The molecule has 0 amide bonds. The summed E-state index contributed by atoms with van der Waals surface area (Å²) in [6.07, 6.45) is 3.79. The Bertz CT molecular complexity index is 839. The summed E-state index contributed by atoms with van der Waals surface area (Å²) in [7, 11) is 0. The van der Waals surface area contributed by atoms with E-state index in [9.17, 15) is 0 Å². The first-order chi connectivity index (χ1) is 11.4. The lowest BCUT2D eigenvalue weighted by Gasteiger charge is -2.43. The highest BCUT2D eigenvalue weighted by Gasteiger charge is 2.36. The van der Waals surface area contributed by atoms with Gasteiger partial charge in [-0.2, -0.15) is 0 Å². The van der Waals surface area contributed by atoms with Crippen LogP contribution in [0, 0.1) is 0 Å². The highest BCUT2D eigenvalue weighted by atomic mass is 15.2. The molecule has 2 unspecified atom stereocenters. The van der Waals surface area contributed by atoms with Crippen molar-refractivity contribution in [3.05, 3.63) is 71.4 Å². The largest absolute Gasteiger partial charge is 0.358 e. The van der Waals surface area contributed by atoms with Crippen LogP contribution in [-0.4, -0.2) is 22.5 Å². The third kappa shape index (κ3) is 2.21. The van der Waals surface area contributed by atoms with Crippen molar-refractivity contribution in [2.24, 2.45) is 0 Å². The molecule has 2 atom stereocenters. The minimum Gasteiger partial charge on any atom is -0.358 e. The summed E-state index contributed by atoms with van der Waals surface area (Å²) < 4.78 is 0. The summed E-state index contributed by atoms with van der Waals surface area (Å²) in [6, 6.07) is 20.4. The highest BCUT2D eigenvalue weighted by Crippen LogP contribution is 2.42. The van der Waals surface area contributed by atoms with E-state index in [0.29, 0.717) is 6.04 Å². The number of para-hydroxylation sites is 1. The highest BCUT2D eigenvalue weighted by molar-refractivity contribution is 5.85. The van der Waals surface area contributed by atoms with Gasteiger partial charge in [-0.15, -0.1) is 0 Å². The van der Waals surface area contributed by atoms with Gasteiger partial charge < -0.3 is 4.98 Å². The van der Waals surface area contributed by atoms with Gasteiger partial charge in [-0.1, -0.05) is 48.5 Å². The van der Waals surface area contributed by atoms with E-state index in [4.69, 9.17) is 0 Å². The van der Waals surface area contributed by atoms with Crippen molar-refractivity contribution in [2.75, 3.05) is 6.54 Å². The topological polar surface area (TPSA) is 19.0 Å². The summed E-state index contributed by atoms with van der Waals surface area (Å²) in [5.74, 6) is 0.725. The van der Waals surface area contributed by atoms with Gasteiger partial charge in [-0.3, -0.25) is 4.90 Å². The van der Waals surface area contributed by atoms with Crippen molar-refractivity contribution in [3.8, 4) is 0 Å². The van der Waals surface area contributed by atoms with Crippen molar-refractivity contribution in [3.63, 3.8) is 0 Å². The van der Waals surface area contributed by atoms with E-state index in [2.05, 4.69) is 64.5 Å². The molecule has 2 nitrogen and oxygen atoms in total. The van der Waals surface area contributed by atoms with Gasteiger partial charge in [0.2, 0.25) is 0 Å². The van der Waals surface area contributed by atoms with Gasteiger partial charge in [0.05, 0.1) is 0 Å². The fraction of sp³-hybridized carbons (Fsp3) is 0.333. The zero-order valence-corrected chi connectivity index (χ0v) is 13.3. The Morgan fingerprint density at radius 1 is 1.04 bits per heavy atom. The Morgan fingerprint density at radius 3 is 2.78 bits per heavy atom. The fourth-order valence-electron chi connectivity index (χ4n) is 4.63. The first-order valence-electron chi connectivity index (χ1n) is 8.76. The van der Waals surface area contributed by atoms with Crippen LogP contribution in [0.5, 0.6) is 0 Å². The van der Waals surface area contributed by atoms with Crippen molar-refractivity contribution in [1.82, 2.24) is 9.88 Å². The molecule has 0 spiro atoms. The lowest BCUT2D eigenvalue weighted by atomic mass is 9.78. The smallest absolute Gasteiger partial charge is 0.0459 e. The van der Waals surface area contributed by atoms with E-state index in [1.54, 1.807) is 5.56 Å². The van der Waals surface area contributed by atoms with Crippen LogP contribution in [0.25, 0.3) is 10.9 Å². The zero-order valence-electron chi connectivity index (χ0n) is 13.3. The van der Waals surface area contributed by atoms with Crippen LogP contribution in [0.3, 0.4) is 0 Å². The van der Waals surface area contributed by atoms with Gasteiger partial charge in [-0.25, -0.2) is 0 Å². The monoisotopic (exact) mass is 304 g/mol. The molecule has 2 aromatic carbocycles. The molecule has 2 bridgehead atoms. The first kappa shape index (κ1) is 13.4. The number of hydrogen-bond acceptors (Lipinski definition) is 1. The second-order valence-corrected chi connectivity index (χ2v) is 7.10. The standard InChI is InChI=1S/C21H22N2.H2/c1-2-6-15(7-3-1)14-23-11-10-16-12-17(23)13-19-18-8-4-5-9-20(18)22-21(16)19;/h1-9,16-17,22H,10-14H2;1H. The summed E-state index contributed by atoms with van der Waals surface area (Å²) in [5, 5.41) is 1.44. The number of aromatic nitrogens is 1. The molecule has 2 heteroatoms. The molecule has 0 radical (unpaired) electrons. The third-order valence-electron chi connectivity index (χ3n) is 5.76. The molecule has 2 aliphatic rings. The van der Waals surface area contributed by atoms with Crippen LogP contribution >= 0.6 is 0 Å². The van der Waals surface area contributed by atoms with Crippen LogP contribution in [-0.2, 0) is 13.0 Å². The molecule has 2 heterocycles. The van der Waals surface area contributed by atoms with Crippen LogP contribution in [0.15, 0.2) is 54.6 Å². The number of nitrogens with zero attached hydrogens (tertiary/aromatic N) is 1. The Hall–Kier alpha value is -2.06. The minimum atomic E-state index is 0. The van der Waals surface area contributed by atoms with E-state index < -0.39 is 0 Å². The van der Waals surface area contributed by atoms with E-state index in [1.807, 2.05) is 0 Å².